The van der Waals surface area contributed by atoms with Crippen molar-refractivity contribution < 1.29 is 9.84 Å². The van der Waals surface area contributed by atoms with Crippen molar-refractivity contribution >= 4 is 0 Å². The van der Waals surface area contributed by atoms with Gasteiger partial charge in [-0.15, -0.1) is 0 Å². The van der Waals surface area contributed by atoms with Gasteiger partial charge in [-0.25, -0.2) is 0 Å². The van der Waals surface area contributed by atoms with Gasteiger partial charge < -0.3 is 14.7 Å². The molecule has 0 spiro atoms. The summed E-state index contributed by atoms with van der Waals surface area (Å²) in [6, 6.07) is 6.19. The molecule has 0 radical (unpaired) electrons. The SMILES string of the molecule is CCN1CCC(O)(c2cccc3c2OCC3)CC1. The van der Waals surface area contributed by atoms with Gasteiger partial charge in [-0.1, -0.05) is 25.1 Å². The zero-order valence-electron chi connectivity index (χ0n) is 11.0. The van der Waals surface area contributed by atoms with Crippen molar-refractivity contribution in [3.63, 3.8) is 0 Å². The number of hydrogen-bond donors (Lipinski definition) is 1. The average molecular weight is 247 g/mol. The molecule has 18 heavy (non-hydrogen) atoms. The van der Waals surface area contributed by atoms with Gasteiger partial charge in [-0.3, -0.25) is 0 Å². The summed E-state index contributed by atoms with van der Waals surface area (Å²) in [5.74, 6) is 0.949. The molecular weight excluding hydrogens is 226 g/mol. The molecule has 0 aromatic heterocycles. The van der Waals surface area contributed by atoms with Gasteiger partial charge in [0.1, 0.15) is 5.75 Å². The Bertz CT molecular complexity index is 436. The predicted molar refractivity (Wildman–Crippen MR) is 70.9 cm³/mol. The quantitative estimate of drug-likeness (QED) is 0.866. The molecule has 1 N–H and O–H groups in total. The minimum atomic E-state index is -0.693. The lowest BCUT2D eigenvalue weighted by Gasteiger charge is -2.38. The molecule has 0 bridgehead atoms. The maximum atomic E-state index is 10.9. The maximum absolute atomic E-state index is 10.9. The van der Waals surface area contributed by atoms with Crippen molar-refractivity contribution in [3.8, 4) is 5.75 Å². The number of fused-ring (bicyclic) bond motifs is 1. The molecule has 1 saturated heterocycles. The van der Waals surface area contributed by atoms with E-state index < -0.39 is 5.60 Å². The van der Waals surface area contributed by atoms with Gasteiger partial charge >= 0.3 is 0 Å². The Kier molecular flexibility index (Phi) is 3.04. The number of nitrogens with zero attached hydrogens (tertiary/aromatic N) is 1. The lowest BCUT2D eigenvalue weighted by molar-refractivity contribution is -0.0262. The van der Waals surface area contributed by atoms with Crippen molar-refractivity contribution in [1.29, 1.82) is 0 Å². The van der Waals surface area contributed by atoms with Crippen LogP contribution in [0.4, 0.5) is 0 Å². The Labute approximate surface area is 108 Å². The molecule has 2 aliphatic rings. The number of likely N-dealkylation sites (tertiary alicyclic amines) is 1. The zero-order chi connectivity index (χ0) is 12.6. The molecule has 0 saturated carbocycles. The topological polar surface area (TPSA) is 32.7 Å². The van der Waals surface area contributed by atoms with Gasteiger partial charge in [-0.2, -0.15) is 0 Å². The number of aliphatic hydroxyl groups is 1. The fourth-order valence-corrected chi connectivity index (χ4v) is 3.09. The minimum Gasteiger partial charge on any atom is -0.493 e. The molecule has 2 heterocycles. The lowest BCUT2D eigenvalue weighted by atomic mass is 9.83. The van der Waals surface area contributed by atoms with Crippen molar-refractivity contribution in [2.24, 2.45) is 0 Å². The molecule has 3 rings (SSSR count). The molecule has 98 valence electrons. The van der Waals surface area contributed by atoms with Crippen LogP contribution in [0, 0.1) is 0 Å². The van der Waals surface area contributed by atoms with Crippen LogP contribution >= 0.6 is 0 Å². The van der Waals surface area contributed by atoms with Gasteiger partial charge in [0.05, 0.1) is 12.2 Å². The third-order valence-electron chi connectivity index (χ3n) is 4.35. The fourth-order valence-electron chi connectivity index (χ4n) is 3.09. The lowest BCUT2D eigenvalue weighted by Crippen LogP contribution is -2.42. The predicted octanol–water partition coefficient (Wildman–Crippen LogP) is 1.92. The van der Waals surface area contributed by atoms with E-state index in [4.69, 9.17) is 4.74 Å². The van der Waals surface area contributed by atoms with E-state index in [1.807, 2.05) is 12.1 Å². The van der Waals surface area contributed by atoms with E-state index >= 15 is 0 Å². The van der Waals surface area contributed by atoms with Crippen molar-refractivity contribution in [3.05, 3.63) is 29.3 Å². The van der Waals surface area contributed by atoms with E-state index in [9.17, 15) is 5.11 Å². The summed E-state index contributed by atoms with van der Waals surface area (Å²) < 4.78 is 5.73. The number of benzene rings is 1. The molecule has 2 aliphatic heterocycles. The number of ether oxygens (including phenoxy) is 1. The molecular formula is C15H21NO2. The van der Waals surface area contributed by atoms with Gasteiger partial charge in [0.2, 0.25) is 0 Å². The second-order valence-corrected chi connectivity index (χ2v) is 5.36. The standard InChI is InChI=1S/C15H21NO2/c1-2-16-9-7-15(17,8-10-16)13-5-3-4-12-6-11-18-14(12)13/h3-5,17H,2,6-11H2,1H3. The minimum absolute atomic E-state index is 0.693. The van der Waals surface area contributed by atoms with Crippen LogP contribution in [0.3, 0.4) is 0 Å². The van der Waals surface area contributed by atoms with Crippen LogP contribution in [0.15, 0.2) is 18.2 Å². The van der Waals surface area contributed by atoms with E-state index in [-0.39, 0.29) is 0 Å². The van der Waals surface area contributed by atoms with Crippen LogP contribution in [0.2, 0.25) is 0 Å². The Morgan fingerprint density at radius 3 is 2.83 bits per heavy atom. The van der Waals surface area contributed by atoms with Gasteiger partial charge in [0.25, 0.3) is 0 Å². The summed E-state index contributed by atoms with van der Waals surface area (Å²) in [5, 5.41) is 10.9. The number of rotatable bonds is 2. The number of piperidine rings is 1. The highest BCUT2D eigenvalue weighted by atomic mass is 16.5. The Hall–Kier alpha value is -1.06. The Balaban J connectivity index is 1.89. The van der Waals surface area contributed by atoms with E-state index in [1.54, 1.807) is 0 Å². The molecule has 0 amide bonds. The Morgan fingerprint density at radius 1 is 1.33 bits per heavy atom. The third kappa shape index (κ3) is 1.91. The van der Waals surface area contributed by atoms with Gasteiger partial charge in [-0.05, 0) is 24.9 Å². The van der Waals surface area contributed by atoms with Crippen LogP contribution in [-0.2, 0) is 12.0 Å². The fraction of sp³-hybridized carbons (Fsp3) is 0.600. The molecule has 0 aliphatic carbocycles. The van der Waals surface area contributed by atoms with E-state index in [0.29, 0.717) is 0 Å². The summed E-state index contributed by atoms with van der Waals surface area (Å²) in [5.41, 5.74) is 1.56. The molecule has 3 nitrogen and oxygen atoms in total. The van der Waals surface area contributed by atoms with Crippen LogP contribution in [0.5, 0.6) is 5.75 Å². The van der Waals surface area contributed by atoms with E-state index in [2.05, 4.69) is 17.9 Å². The van der Waals surface area contributed by atoms with Gasteiger partial charge in [0.15, 0.2) is 0 Å². The first-order valence-electron chi connectivity index (χ1n) is 6.93. The second-order valence-electron chi connectivity index (χ2n) is 5.36. The third-order valence-corrected chi connectivity index (χ3v) is 4.35. The monoisotopic (exact) mass is 247 g/mol. The van der Waals surface area contributed by atoms with Crippen LogP contribution in [0.1, 0.15) is 30.9 Å². The first-order valence-corrected chi connectivity index (χ1v) is 6.93. The summed E-state index contributed by atoms with van der Waals surface area (Å²) in [6.45, 7) is 5.93. The first-order chi connectivity index (χ1) is 8.73. The maximum Gasteiger partial charge on any atom is 0.128 e. The summed E-state index contributed by atoms with van der Waals surface area (Å²) >= 11 is 0. The first kappa shape index (κ1) is 12.0. The van der Waals surface area contributed by atoms with Crippen LogP contribution in [-0.4, -0.2) is 36.2 Å². The highest BCUT2D eigenvalue weighted by Crippen LogP contribution is 2.41. The van der Waals surface area contributed by atoms with Crippen LogP contribution in [0.25, 0.3) is 0 Å². The van der Waals surface area contributed by atoms with Crippen molar-refractivity contribution in [2.75, 3.05) is 26.2 Å². The normalized spacial score (nSPS) is 22.6. The van der Waals surface area contributed by atoms with Crippen molar-refractivity contribution in [1.82, 2.24) is 4.90 Å². The average Bonchev–Trinajstić information content (AvgIpc) is 2.87. The van der Waals surface area contributed by atoms with Gasteiger partial charge in [0, 0.05) is 25.1 Å². The van der Waals surface area contributed by atoms with E-state index in [0.717, 1.165) is 56.8 Å². The molecule has 0 unspecified atom stereocenters. The largest absolute Gasteiger partial charge is 0.493 e. The molecule has 3 heteroatoms. The highest BCUT2D eigenvalue weighted by molar-refractivity contribution is 5.47. The highest BCUT2D eigenvalue weighted by Gasteiger charge is 2.37. The zero-order valence-corrected chi connectivity index (χ0v) is 11.0. The summed E-state index contributed by atoms with van der Waals surface area (Å²) in [7, 11) is 0. The summed E-state index contributed by atoms with van der Waals surface area (Å²) in [6.07, 6.45) is 2.58. The van der Waals surface area contributed by atoms with E-state index in [1.165, 1.54) is 5.56 Å². The summed E-state index contributed by atoms with van der Waals surface area (Å²) in [4.78, 5) is 2.39. The van der Waals surface area contributed by atoms with Crippen molar-refractivity contribution in [2.45, 2.75) is 31.8 Å². The van der Waals surface area contributed by atoms with Crippen LogP contribution < -0.4 is 4.74 Å². The molecule has 1 aromatic rings. The second kappa shape index (κ2) is 4.56. The number of hydrogen-bond acceptors (Lipinski definition) is 3. The smallest absolute Gasteiger partial charge is 0.128 e. The molecule has 0 atom stereocenters. The number of para-hydroxylation sites is 1. The Morgan fingerprint density at radius 2 is 2.11 bits per heavy atom. The molecule has 1 aromatic carbocycles. The molecule has 1 fully saturated rings.